The molecule has 2 rings (SSSR count). The fourth-order valence-electron chi connectivity index (χ4n) is 2.31. The Labute approximate surface area is 120 Å². The van der Waals surface area contributed by atoms with Gasteiger partial charge in [-0.3, -0.25) is 4.98 Å². The Kier molecular flexibility index (Phi) is 4.79. The van der Waals surface area contributed by atoms with E-state index in [1.165, 1.54) is 5.56 Å². The first-order valence-corrected chi connectivity index (χ1v) is 7.09. The van der Waals surface area contributed by atoms with Gasteiger partial charge in [-0.25, -0.2) is 9.97 Å². The largest absolute Gasteiger partial charge is 0.317 e. The molecular formula is C16H22N4. The summed E-state index contributed by atoms with van der Waals surface area (Å²) < 4.78 is 0. The fourth-order valence-corrected chi connectivity index (χ4v) is 2.31. The predicted octanol–water partition coefficient (Wildman–Crippen LogP) is 2.62. The van der Waals surface area contributed by atoms with Gasteiger partial charge >= 0.3 is 0 Å². The number of hydrogen-bond acceptors (Lipinski definition) is 4. The van der Waals surface area contributed by atoms with Crippen molar-refractivity contribution in [2.45, 2.75) is 34.1 Å². The standard InChI is InChI=1S/C16H22N4/c1-5-17-9-7-14-12(3)19-16(20-13(14)4)15-10-18-8-6-11(15)2/h6,8,10,17H,5,7,9H2,1-4H3. The predicted molar refractivity (Wildman–Crippen MR) is 81.7 cm³/mol. The molecule has 4 nitrogen and oxygen atoms in total. The molecule has 0 saturated heterocycles. The van der Waals surface area contributed by atoms with Crippen LogP contribution in [0.5, 0.6) is 0 Å². The minimum atomic E-state index is 0.776. The van der Waals surface area contributed by atoms with Gasteiger partial charge in [-0.2, -0.15) is 0 Å². The van der Waals surface area contributed by atoms with E-state index in [-0.39, 0.29) is 0 Å². The summed E-state index contributed by atoms with van der Waals surface area (Å²) in [5.41, 5.74) is 5.54. The molecule has 0 aliphatic heterocycles. The Hall–Kier alpha value is -1.81. The van der Waals surface area contributed by atoms with Crippen LogP contribution in [0.3, 0.4) is 0 Å². The Morgan fingerprint density at radius 1 is 1.10 bits per heavy atom. The van der Waals surface area contributed by atoms with Gasteiger partial charge < -0.3 is 5.32 Å². The highest BCUT2D eigenvalue weighted by atomic mass is 14.9. The average molecular weight is 270 g/mol. The van der Waals surface area contributed by atoms with Crippen LogP contribution in [-0.2, 0) is 6.42 Å². The zero-order valence-electron chi connectivity index (χ0n) is 12.7. The van der Waals surface area contributed by atoms with Gasteiger partial charge in [0.15, 0.2) is 5.82 Å². The molecule has 1 N–H and O–H groups in total. The molecule has 0 atom stereocenters. The Morgan fingerprint density at radius 2 is 1.80 bits per heavy atom. The van der Waals surface area contributed by atoms with Crippen molar-refractivity contribution < 1.29 is 0 Å². The summed E-state index contributed by atoms with van der Waals surface area (Å²) in [6.07, 6.45) is 4.60. The van der Waals surface area contributed by atoms with E-state index < -0.39 is 0 Å². The molecule has 0 bridgehead atoms. The van der Waals surface area contributed by atoms with E-state index in [2.05, 4.69) is 48.0 Å². The summed E-state index contributed by atoms with van der Waals surface area (Å²) in [4.78, 5) is 13.5. The molecule has 0 spiro atoms. The van der Waals surface area contributed by atoms with Gasteiger partial charge in [-0.1, -0.05) is 6.92 Å². The van der Waals surface area contributed by atoms with Crippen molar-refractivity contribution in [1.29, 1.82) is 0 Å². The van der Waals surface area contributed by atoms with Crippen LogP contribution >= 0.6 is 0 Å². The highest BCUT2D eigenvalue weighted by molar-refractivity contribution is 5.58. The summed E-state index contributed by atoms with van der Waals surface area (Å²) in [5, 5.41) is 3.34. The molecule has 2 heterocycles. The van der Waals surface area contributed by atoms with Gasteiger partial charge in [0.1, 0.15) is 0 Å². The zero-order chi connectivity index (χ0) is 14.5. The van der Waals surface area contributed by atoms with E-state index in [0.29, 0.717) is 0 Å². The summed E-state index contributed by atoms with van der Waals surface area (Å²) in [6.45, 7) is 10.3. The number of pyridine rings is 1. The van der Waals surface area contributed by atoms with Gasteiger partial charge in [-0.05, 0) is 57.5 Å². The summed E-state index contributed by atoms with van der Waals surface area (Å²) in [5.74, 6) is 0.776. The topological polar surface area (TPSA) is 50.7 Å². The first kappa shape index (κ1) is 14.6. The molecule has 4 heteroatoms. The average Bonchev–Trinajstić information content (AvgIpc) is 2.42. The second-order valence-corrected chi connectivity index (χ2v) is 4.99. The monoisotopic (exact) mass is 270 g/mol. The first-order chi connectivity index (χ1) is 9.63. The third-order valence-corrected chi connectivity index (χ3v) is 3.50. The molecule has 0 amide bonds. The highest BCUT2D eigenvalue weighted by Gasteiger charge is 2.11. The molecule has 2 aromatic heterocycles. The van der Waals surface area contributed by atoms with Gasteiger partial charge in [0.05, 0.1) is 0 Å². The molecule has 0 aliphatic carbocycles. The van der Waals surface area contributed by atoms with E-state index in [1.54, 1.807) is 6.20 Å². The van der Waals surface area contributed by atoms with Crippen molar-refractivity contribution in [2.24, 2.45) is 0 Å². The normalized spacial score (nSPS) is 10.8. The van der Waals surface area contributed by atoms with Crippen molar-refractivity contribution in [3.05, 3.63) is 41.0 Å². The summed E-state index contributed by atoms with van der Waals surface area (Å²) in [6, 6.07) is 1.99. The lowest BCUT2D eigenvalue weighted by Crippen LogP contribution is -2.17. The van der Waals surface area contributed by atoms with Crippen LogP contribution in [-0.4, -0.2) is 28.0 Å². The van der Waals surface area contributed by atoms with Crippen molar-refractivity contribution in [3.63, 3.8) is 0 Å². The van der Waals surface area contributed by atoms with Crippen molar-refractivity contribution in [2.75, 3.05) is 13.1 Å². The second-order valence-electron chi connectivity index (χ2n) is 4.99. The minimum absolute atomic E-state index is 0.776. The van der Waals surface area contributed by atoms with Crippen LogP contribution in [0, 0.1) is 20.8 Å². The number of rotatable bonds is 5. The molecule has 20 heavy (non-hydrogen) atoms. The molecular weight excluding hydrogens is 248 g/mol. The second kappa shape index (κ2) is 6.57. The Balaban J connectivity index is 2.33. The van der Waals surface area contributed by atoms with Crippen molar-refractivity contribution in [3.8, 4) is 11.4 Å². The quantitative estimate of drug-likeness (QED) is 0.849. The number of likely N-dealkylation sites (N-methyl/N-ethyl adjacent to an activating group) is 1. The number of aryl methyl sites for hydroxylation is 3. The molecule has 0 fully saturated rings. The van der Waals surface area contributed by atoms with Gasteiger partial charge in [-0.15, -0.1) is 0 Å². The van der Waals surface area contributed by atoms with Crippen LogP contribution in [0.25, 0.3) is 11.4 Å². The maximum Gasteiger partial charge on any atom is 0.161 e. The smallest absolute Gasteiger partial charge is 0.161 e. The Morgan fingerprint density at radius 3 is 2.40 bits per heavy atom. The molecule has 0 aromatic carbocycles. The third kappa shape index (κ3) is 3.20. The van der Waals surface area contributed by atoms with E-state index in [0.717, 1.165) is 47.8 Å². The molecule has 0 radical (unpaired) electrons. The van der Waals surface area contributed by atoms with Crippen molar-refractivity contribution in [1.82, 2.24) is 20.3 Å². The van der Waals surface area contributed by atoms with Crippen molar-refractivity contribution >= 4 is 0 Å². The number of aromatic nitrogens is 3. The van der Waals surface area contributed by atoms with Gasteiger partial charge in [0, 0.05) is 29.3 Å². The highest BCUT2D eigenvalue weighted by Crippen LogP contribution is 2.21. The van der Waals surface area contributed by atoms with E-state index >= 15 is 0 Å². The zero-order valence-corrected chi connectivity index (χ0v) is 12.7. The van der Waals surface area contributed by atoms with Crippen LogP contribution in [0.15, 0.2) is 18.5 Å². The summed E-state index contributed by atoms with van der Waals surface area (Å²) in [7, 11) is 0. The minimum Gasteiger partial charge on any atom is -0.317 e. The number of nitrogens with zero attached hydrogens (tertiary/aromatic N) is 3. The van der Waals surface area contributed by atoms with E-state index in [9.17, 15) is 0 Å². The van der Waals surface area contributed by atoms with Crippen LogP contribution in [0.2, 0.25) is 0 Å². The lowest BCUT2D eigenvalue weighted by molar-refractivity contribution is 0.708. The lowest BCUT2D eigenvalue weighted by Gasteiger charge is -2.12. The van der Waals surface area contributed by atoms with Crippen LogP contribution in [0.4, 0.5) is 0 Å². The molecule has 2 aromatic rings. The lowest BCUT2D eigenvalue weighted by atomic mass is 10.1. The van der Waals surface area contributed by atoms with Gasteiger partial charge in [0.25, 0.3) is 0 Å². The SMILES string of the molecule is CCNCCc1c(C)nc(-c2cnccc2C)nc1C. The molecule has 106 valence electrons. The van der Waals surface area contributed by atoms with E-state index in [4.69, 9.17) is 0 Å². The first-order valence-electron chi connectivity index (χ1n) is 7.09. The Bertz CT molecular complexity index is 570. The number of nitrogens with one attached hydrogen (secondary N) is 1. The maximum absolute atomic E-state index is 4.66. The van der Waals surface area contributed by atoms with Crippen LogP contribution in [0.1, 0.15) is 29.4 Å². The number of hydrogen-bond donors (Lipinski definition) is 1. The molecule has 0 aliphatic rings. The molecule has 0 unspecified atom stereocenters. The molecule has 0 saturated carbocycles. The summed E-state index contributed by atoms with van der Waals surface area (Å²) >= 11 is 0. The third-order valence-electron chi connectivity index (χ3n) is 3.50. The van der Waals surface area contributed by atoms with Gasteiger partial charge in [0.2, 0.25) is 0 Å². The van der Waals surface area contributed by atoms with E-state index in [1.807, 2.05) is 12.3 Å². The maximum atomic E-state index is 4.66. The van der Waals surface area contributed by atoms with Crippen LogP contribution < -0.4 is 5.32 Å². The fraction of sp³-hybridized carbons (Fsp3) is 0.438.